The molecule has 1 heterocycles. The Labute approximate surface area is 134 Å². The maximum Gasteiger partial charge on any atom is 0.341 e. The van der Waals surface area contributed by atoms with Crippen LogP contribution in [0, 0.1) is 6.92 Å². The van der Waals surface area contributed by atoms with Gasteiger partial charge >= 0.3 is 5.97 Å². The van der Waals surface area contributed by atoms with Crippen LogP contribution in [0.5, 0.6) is 5.75 Å². The number of aromatic hydroxyl groups is 1. The zero-order chi connectivity index (χ0) is 16.9. The van der Waals surface area contributed by atoms with Crippen LogP contribution >= 0.6 is 0 Å². The van der Waals surface area contributed by atoms with Gasteiger partial charge < -0.3 is 15.9 Å². The third-order valence-electron chi connectivity index (χ3n) is 4.58. The van der Waals surface area contributed by atoms with E-state index < -0.39 is 5.97 Å². The Morgan fingerprint density at radius 3 is 2.61 bits per heavy atom. The highest BCUT2D eigenvalue weighted by Gasteiger charge is 2.33. The molecule has 2 aromatic rings. The second-order valence-electron chi connectivity index (χ2n) is 6.57. The Hall–Kier alpha value is -2.63. The van der Waals surface area contributed by atoms with Gasteiger partial charge in [0, 0.05) is 0 Å². The average Bonchev–Trinajstić information content (AvgIpc) is 2.74. The van der Waals surface area contributed by atoms with E-state index in [-0.39, 0.29) is 34.1 Å². The molecule has 1 aromatic heterocycles. The molecule has 120 valence electrons. The molecular weight excluding hydrogens is 294 g/mol. The number of nitrogens with zero attached hydrogens (tertiary/aromatic N) is 2. The van der Waals surface area contributed by atoms with Gasteiger partial charge in [0.2, 0.25) is 0 Å². The van der Waals surface area contributed by atoms with Crippen LogP contribution in [-0.4, -0.2) is 26.2 Å². The van der Waals surface area contributed by atoms with Crippen molar-refractivity contribution < 1.29 is 15.0 Å². The number of hydrogen-bond donors (Lipinski definition) is 3. The zero-order valence-electron chi connectivity index (χ0n) is 13.3. The highest BCUT2D eigenvalue weighted by atomic mass is 16.4. The molecule has 0 spiro atoms. The Bertz CT molecular complexity index is 805. The molecule has 0 aliphatic heterocycles. The van der Waals surface area contributed by atoms with Crippen LogP contribution in [0.25, 0.3) is 11.4 Å². The van der Waals surface area contributed by atoms with Gasteiger partial charge in [0.25, 0.3) is 0 Å². The van der Waals surface area contributed by atoms with Crippen LogP contribution in [0.15, 0.2) is 12.1 Å². The van der Waals surface area contributed by atoms with Gasteiger partial charge in [-0.1, -0.05) is 19.9 Å². The van der Waals surface area contributed by atoms with Crippen LogP contribution in [0.3, 0.4) is 0 Å². The Morgan fingerprint density at radius 1 is 1.30 bits per heavy atom. The number of fused-ring (bicyclic) bond motifs is 1. The van der Waals surface area contributed by atoms with Crippen LogP contribution in [0.2, 0.25) is 0 Å². The molecule has 0 saturated carbocycles. The first-order valence-electron chi connectivity index (χ1n) is 7.45. The van der Waals surface area contributed by atoms with E-state index in [1.807, 2.05) is 6.07 Å². The van der Waals surface area contributed by atoms with E-state index in [4.69, 9.17) is 10.8 Å². The van der Waals surface area contributed by atoms with Gasteiger partial charge in [0.1, 0.15) is 17.1 Å². The van der Waals surface area contributed by atoms with Crippen LogP contribution in [0.4, 0.5) is 5.82 Å². The number of phenols is 1. The van der Waals surface area contributed by atoms with Crippen LogP contribution in [-0.2, 0) is 11.8 Å². The first-order chi connectivity index (χ1) is 10.7. The maximum atomic E-state index is 11.2. The lowest BCUT2D eigenvalue weighted by Crippen LogP contribution is -2.12. The number of hydrogen-bond acceptors (Lipinski definition) is 5. The molecule has 6 nitrogen and oxygen atoms in total. The molecule has 6 heteroatoms. The quantitative estimate of drug-likeness (QED) is 0.786. The lowest BCUT2D eigenvalue weighted by atomic mass is 9.86. The number of carboxylic acids is 1. The van der Waals surface area contributed by atoms with Gasteiger partial charge in [0.05, 0.1) is 11.3 Å². The van der Waals surface area contributed by atoms with Gasteiger partial charge in [-0.15, -0.1) is 0 Å². The van der Waals surface area contributed by atoms with Crippen molar-refractivity contribution >= 4 is 11.8 Å². The fraction of sp³-hybridized carbons (Fsp3) is 0.353. The molecule has 0 atom stereocenters. The topological polar surface area (TPSA) is 109 Å². The second kappa shape index (κ2) is 4.94. The summed E-state index contributed by atoms with van der Waals surface area (Å²) in [5.41, 5.74) is 8.49. The van der Waals surface area contributed by atoms with Crippen molar-refractivity contribution in [2.75, 3.05) is 5.73 Å². The normalized spacial score (nSPS) is 15.4. The number of aromatic nitrogens is 2. The molecular formula is C17H19N3O3. The molecule has 0 bridgehead atoms. The molecule has 3 rings (SSSR count). The van der Waals surface area contributed by atoms with E-state index in [9.17, 15) is 9.90 Å². The molecule has 23 heavy (non-hydrogen) atoms. The summed E-state index contributed by atoms with van der Waals surface area (Å²) in [4.78, 5) is 19.5. The molecule has 0 saturated heterocycles. The molecule has 0 radical (unpaired) electrons. The van der Waals surface area contributed by atoms with Crippen molar-refractivity contribution in [3.05, 3.63) is 34.5 Å². The summed E-state index contributed by atoms with van der Waals surface area (Å²) in [7, 11) is 0. The first-order valence-corrected chi connectivity index (χ1v) is 7.45. The summed E-state index contributed by atoms with van der Waals surface area (Å²) >= 11 is 0. The van der Waals surface area contributed by atoms with Crippen LogP contribution in [0.1, 0.15) is 47.4 Å². The number of carboxylic acid groups (broad SMARTS) is 1. The lowest BCUT2D eigenvalue weighted by molar-refractivity contribution is 0.0696. The monoisotopic (exact) mass is 313 g/mol. The summed E-state index contributed by atoms with van der Waals surface area (Å²) in [6.45, 7) is 5.87. The largest absolute Gasteiger partial charge is 0.507 e. The number of anilines is 1. The van der Waals surface area contributed by atoms with Crippen molar-refractivity contribution in [2.24, 2.45) is 0 Å². The molecule has 1 aliphatic rings. The third-order valence-corrected chi connectivity index (χ3v) is 4.58. The van der Waals surface area contributed by atoms with E-state index in [0.29, 0.717) is 5.56 Å². The van der Waals surface area contributed by atoms with Gasteiger partial charge in [0.15, 0.2) is 5.82 Å². The molecule has 0 amide bonds. The van der Waals surface area contributed by atoms with Gasteiger partial charge in [-0.3, -0.25) is 0 Å². The van der Waals surface area contributed by atoms with Crippen molar-refractivity contribution in [1.29, 1.82) is 0 Å². The maximum absolute atomic E-state index is 11.2. The molecule has 4 N–H and O–H groups in total. The summed E-state index contributed by atoms with van der Waals surface area (Å²) < 4.78 is 0. The van der Waals surface area contributed by atoms with Gasteiger partial charge in [-0.25, -0.2) is 14.8 Å². The van der Waals surface area contributed by atoms with E-state index in [1.54, 1.807) is 13.0 Å². The lowest BCUT2D eigenvalue weighted by Gasteiger charge is -2.19. The van der Waals surface area contributed by atoms with E-state index >= 15 is 0 Å². The zero-order valence-corrected chi connectivity index (χ0v) is 13.3. The number of aromatic carboxylic acids is 1. The average molecular weight is 313 g/mol. The minimum atomic E-state index is -1.16. The standard InChI is InChI=1S/C17H19N3O3/c1-8-12(16(22)23)14(18)20-15(19-8)10-4-5-11-9(13(10)21)6-7-17(11,2)3/h4-5,21H,6-7H2,1-3H3,(H,22,23)(H2,18,19,20). The summed E-state index contributed by atoms with van der Waals surface area (Å²) in [6, 6.07) is 3.76. The Kier molecular flexibility index (Phi) is 3.28. The van der Waals surface area contributed by atoms with Crippen molar-refractivity contribution in [1.82, 2.24) is 9.97 Å². The van der Waals surface area contributed by atoms with Crippen molar-refractivity contribution in [3.8, 4) is 17.1 Å². The smallest absolute Gasteiger partial charge is 0.341 e. The number of nitrogen functional groups attached to an aromatic ring is 1. The summed E-state index contributed by atoms with van der Waals surface area (Å²) in [6.07, 6.45) is 1.77. The predicted octanol–water partition coefficient (Wildman–Crippen LogP) is 2.66. The number of aryl methyl sites for hydroxylation is 1. The minimum Gasteiger partial charge on any atom is -0.507 e. The van der Waals surface area contributed by atoms with Crippen LogP contribution < -0.4 is 5.73 Å². The van der Waals surface area contributed by atoms with Gasteiger partial charge in [-0.2, -0.15) is 0 Å². The summed E-state index contributed by atoms with van der Waals surface area (Å²) in [5, 5.41) is 19.8. The molecule has 1 aliphatic carbocycles. The fourth-order valence-corrected chi connectivity index (χ4v) is 3.26. The fourth-order valence-electron chi connectivity index (χ4n) is 3.26. The number of phenolic OH excluding ortho intramolecular Hbond substituents is 1. The number of benzene rings is 1. The van der Waals surface area contributed by atoms with Crippen molar-refractivity contribution in [3.63, 3.8) is 0 Å². The first kappa shape index (κ1) is 15.3. The second-order valence-corrected chi connectivity index (χ2v) is 6.57. The highest BCUT2D eigenvalue weighted by molar-refractivity contribution is 5.94. The number of nitrogens with two attached hydrogens (primary N) is 1. The predicted molar refractivity (Wildman–Crippen MR) is 86.6 cm³/mol. The summed E-state index contributed by atoms with van der Waals surface area (Å²) in [5.74, 6) is -0.850. The minimum absolute atomic E-state index is 0.0360. The molecule has 0 fully saturated rings. The van der Waals surface area contributed by atoms with Crippen molar-refractivity contribution in [2.45, 2.75) is 39.0 Å². The van der Waals surface area contributed by atoms with Gasteiger partial charge in [-0.05, 0) is 42.4 Å². The van der Waals surface area contributed by atoms with E-state index in [0.717, 1.165) is 24.0 Å². The van der Waals surface area contributed by atoms with E-state index in [1.165, 1.54) is 0 Å². The molecule has 0 unspecified atom stereocenters. The Morgan fingerprint density at radius 2 is 2.00 bits per heavy atom. The highest BCUT2D eigenvalue weighted by Crippen LogP contribution is 2.45. The van der Waals surface area contributed by atoms with E-state index in [2.05, 4.69) is 23.8 Å². The Balaban J connectivity index is 2.16. The number of carbonyl (C=O) groups is 1. The SMILES string of the molecule is Cc1nc(-c2ccc3c(c2O)CCC3(C)C)nc(N)c1C(=O)O. The third kappa shape index (κ3) is 2.30. The number of rotatable bonds is 2. The molecule has 1 aromatic carbocycles.